The van der Waals surface area contributed by atoms with Crippen molar-refractivity contribution in [3.05, 3.63) is 58.7 Å². The maximum absolute atomic E-state index is 13.0. The van der Waals surface area contributed by atoms with E-state index < -0.39 is 18.6 Å². The number of nitrogens with zero attached hydrogens (tertiary/aromatic N) is 1. The molecule has 0 radical (unpaired) electrons. The molecular formula is C27H28F2N2O6. The Balaban J connectivity index is 1.28. The Bertz CT molecular complexity index is 1220. The van der Waals surface area contributed by atoms with Crippen molar-refractivity contribution in [3.63, 3.8) is 0 Å². The van der Waals surface area contributed by atoms with Crippen molar-refractivity contribution in [2.75, 3.05) is 13.2 Å². The van der Waals surface area contributed by atoms with Gasteiger partial charge in [0.05, 0.1) is 6.61 Å². The molecule has 2 fully saturated rings. The first-order chi connectivity index (χ1) is 17.8. The number of carbonyl (C=O) groups excluding carboxylic acids is 3. The first-order valence-electron chi connectivity index (χ1n) is 12.3. The van der Waals surface area contributed by atoms with Gasteiger partial charge in [0.2, 0.25) is 5.91 Å². The minimum atomic E-state index is -2.98. The summed E-state index contributed by atoms with van der Waals surface area (Å²) in [7, 11) is 0. The van der Waals surface area contributed by atoms with Crippen LogP contribution < -0.4 is 14.8 Å². The van der Waals surface area contributed by atoms with Gasteiger partial charge in [-0.25, -0.2) is 4.79 Å². The van der Waals surface area contributed by atoms with Crippen LogP contribution in [0.3, 0.4) is 0 Å². The van der Waals surface area contributed by atoms with Gasteiger partial charge in [0.25, 0.3) is 5.91 Å². The molecule has 10 heteroatoms. The zero-order chi connectivity index (χ0) is 26.1. The lowest BCUT2D eigenvalue weighted by molar-refractivity contribution is -0.154. The molecule has 1 N–H and O–H groups in total. The van der Waals surface area contributed by atoms with E-state index in [4.69, 9.17) is 9.47 Å². The van der Waals surface area contributed by atoms with Crippen LogP contribution in [0.25, 0.3) is 0 Å². The van der Waals surface area contributed by atoms with Crippen molar-refractivity contribution >= 4 is 17.8 Å². The number of fused-ring (bicyclic) bond motifs is 1. The van der Waals surface area contributed by atoms with Crippen LogP contribution in [0.4, 0.5) is 8.78 Å². The highest BCUT2D eigenvalue weighted by molar-refractivity contribution is 5.98. The maximum atomic E-state index is 13.0. The average molecular weight is 515 g/mol. The predicted octanol–water partition coefficient (Wildman–Crippen LogP) is 3.77. The Morgan fingerprint density at radius 2 is 1.95 bits per heavy atom. The third kappa shape index (κ3) is 5.68. The summed E-state index contributed by atoms with van der Waals surface area (Å²) in [6.45, 7) is -0.421. The maximum Gasteiger partial charge on any atom is 0.387 e. The molecule has 0 bridgehead atoms. The van der Waals surface area contributed by atoms with Gasteiger partial charge in [-0.3, -0.25) is 9.59 Å². The summed E-state index contributed by atoms with van der Waals surface area (Å²) in [6, 6.07) is 9.32. The predicted molar refractivity (Wildman–Crippen MR) is 127 cm³/mol. The first kappa shape index (κ1) is 25.0. The Kier molecular flexibility index (Phi) is 6.99. The number of halogens is 2. The molecule has 5 rings (SSSR count). The summed E-state index contributed by atoms with van der Waals surface area (Å²) in [5, 5.41) is 2.75. The van der Waals surface area contributed by atoms with Gasteiger partial charge in [-0.1, -0.05) is 18.2 Å². The Morgan fingerprint density at radius 1 is 1.14 bits per heavy atom. The lowest BCUT2D eigenvalue weighted by atomic mass is 9.96. The molecule has 0 spiro atoms. The Labute approximate surface area is 212 Å². The number of benzene rings is 2. The summed E-state index contributed by atoms with van der Waals surface area (Å²) in [5.41, 5.74) is 2.91. The van der Waals surface area contributed by atoms with Gasteiger partial charge in [-0.05, 0) is 60.1 Å². The van der Waals surface area contributed by atoms with Gasteiger partial charge in [0.15, 0.2) is 11.5 Å². The van der Waals surface area contributed by atoms with Crippen LogP contribution in [-0.4, -0.2) is 48.5 Å². The topological polar surface area (TPSA) is 94.2 Å². The van der Waals surface area contributed by atoms with Gasteiger partial charge >= 0.3 is 12.6 Å². The van der Waals surface area contributed by atoms with E-state index >= 15 is 0 Å². The normalized spacial score (nSPS) is 20.5. The summed E-state index contributed by atoms with van der Waals surface area (Å²) in [4.78, 5) is 38.7. The summed E-state index contributed by atoms with van der Waals surface area (Å²) in [5.74, 6) is -0.566. The number of carbonyl (C=O) groups is 3. The third-order valence-electron chi connectivity index (χ3n) is 7.04. The number of ether oxygens (including phenoxy) is 3. The minimum Gasteiger partial charge on any atom is -0.489 e. The van der Waals surface area contributed by atoms with Gasteiger partial charge < -0.3 is 24.4 Å². The van der Waals surface area contributed by atoms with Crippen LogP contribution in [0.5, 0.6) is 11.5 Å². The van der Waals surface area contributed by atoms with E-state index in [9.17, 15) is 23.2 Å². The highest BCUT2D eigenvalue weighted by Gasteiger charge is 2.40. The van der Waals surface area contributed by atoms with E-state index in [-0.39, 0.29) is 42.4 Å². The fourth-order valence-corrected chi connectivity index (χ4v) is 4.83. The van der Waals surface area contributed by atoms with E-state index in [0.29, 0.717) is 36.6 Å². The second-order valence-electron chi connectivity index (χ2n) is 9.74. The molecule has 2 atom stereocenters. The summed E-state index contributed by atoms with van der Waals surface area (Å²) in [6.07, 6.45) is 2.41. The van der Waals surface area contributed by atoms with E-state index in [0.717, 1.165) is 24.0 Å². The van der Waals surface area contributed by atoms with Gasteiger partial charge in [-0.2, -0.15) is 8.78 Å². The van der Waals surface area contributed by atoms with Crippen LogP contribution in [-0.2, 0) is 27.5 Å². The molecule has 1 aliphatic carbocycles. The molecule has 1 saturated carbocycles. The molecule has 0 aromatic heterocycles. The second-order valence-corrected chi connectivity index (χ2v) is 9.74. The fourth-order valence-electron chi connectivity index (χ4n) is 4.83. The first-order valence-corrected chi connectivity index (χ1v) is 12.3. The van der Waals surface area contributed by atoms with E-state index in [1.807, 2.05) is 6.07 Å². The molecule has 1 saturated heterocycles. The smallest absolute Gasteiger partial charge is 0.387 e. The number of hydrogen-bond donors (Lipinski definition) is 1. The highest BCUT2D eigenvalue weighted by atomic mass is 19.3. The number of nitrogens with one attached hydrogen (secondary N) is 1. The lowest BCUT2D eigenvalue weighted by Crippen LogP contribution is -2.40. The van der Waals surface area contributed by atoms with Crippen molar-refractivity contribution < 1.29 is 37.4 Å². The molecule has 8 nitrogen and oxygen atoms in total. The van der Waals surface area contributed by atoms with Crippen LogP contribution >= 0.6 is 0 Å². The van der Waals surface area contributed by atoms with Crippen molar-refractivity contribution in [2.24, 2.45) is 5.92 Å². The number of esters is 1. The van der Waals surface area contributed by atoms with E-state index in [2.05, 4.69) is 10.1 Å². The van der Waals surface area contributed by atoms with E-state index in [1.54, 1.807) is 24.3 Å². The standard InChI is InChI=1S/C27H28F2N2O6/c1-15(32)31-12-20(18-6-7-23(37-27(28)29)24(10-18)35-13-16-2-3-16)9-22(31)26(34)36-14-17-4-5-19-11-30-25(33)21(19)8-17/h4-8,10,16,20,22,27H,2-3,9,11-14H2,1H3,(H,30,33)/t20?,22-/m1/s1. The van der Waals surface area contributed by atoms with Crippen molar-refractivity contribution in [2.45, 2.75) is 57.9 Å². The molecular weight excluding hydrogens is 486 g/mol. The van der Waals surface area contributed by atoms with Gasteiger partial charge in [0, 0.05) is 31.5 Å². The zero-order valence-electron chi connectivity index (χ0n) is 20.4. The summed E-state index contributed by atoms with van der Waals surface area (Å²) >= 11 is 0. The number of hydrogen-bond acceptors (Lipinski definition) is 6. The number of amides is 2. The van der Waals surface area contributed by atoms with Crippen molar-refractivity contribution in [1.29, 1.82) is 0 Å². The largest absolute Gasteiger partial charge is 0.489 e. The second kappa shape index (κ2) is 10.4. The number of alkyl halides is 2. The number of rotatable bonds is 9. The summed E-state index contributed by atoms with van der Waals surface area (Å²) < 4.78 is 41.7. The SMILES string of the molecule is CC(=O)N1CC(c2ccc(OC(F)F)c(OCC3CC3)c2)C[C@@H]1C(=O)OCc1ccc2c(c1)C(=O)NC2. The van der Waals surface area contributed by atoms with Gasteiger partial charge in [-0.15, -0.1) is 0 Å². The molecule has 2 aromatic rings. The minimum absolute atomic E-state index is 0.0227. The van der Waals surface area contributed by atoms with Gasteiger partial charge in [0.1, 0.15) is 12.6 Å². The Hall–Kier alpha value is -3.69. The van der Waals surface area contributed by atoms with Crippen LogP contribution in [0.2, 0.25) is 0 Å². The molecule has 2 heterocycles. The molecule has 37 heavy (non-hydrogen) atoms. The molecule has 2 amide bonds. The monoisotopic (exact) mass is 514 g/mol. The quantitative estimate of drug-likeness (QED) is 0.512. The molecule has 2 aromatic carbocycles. The van der Waals surface area contributed by atoms with Crippen molar-refractivity contribution in [1.82, 2.24) is 10.2 Å². The number of likely N-dealkylation sites (tertiary alicyclic amines) is 1. The zero-order valence-corrected chi connectivity index (χ0v) is 20.4. The molecule has 1 unspecified atom stereocenters. The average Bonchev–Trinajstić information content (AvgIpc) is 3.47. The third-order valence-corrected chi connectivity index (χ3v) is 7.04. The highest BCUT2D eigenvalue weighted by Crippen LogP contribution is 2.39. The van der Waals surface area contributed by atoms with Crippen LogP contribution in [0.1, 0.15) is 59.2 Å². The van der Waals surface area contributed by atoms with Crippen LogP contribution in [0.15, 0.2) is 36.4 Å². The fraction of sp³-hybridized carbons (Fsp3) is 0.444. The molecule has 2 aliphatic heterocycles. The van der Waals surface area contributed by atoms with Crippen LogP contribution in [0, 0.1) is 5.92 Å². The Morgan fingerprint density at radius 3 is 2.68 bits per heavy atom. The lowest BCUT2D eigenvalue weighted by Gasteiger charge is -2.21. The van der Waals surface area contributed by atoms with Crippen molar-refractivity contribution in [3.8, 4) is 11.5 Å². The molecule has 196 valence electrons. The van der Waals surface area contributed by atoms with E-state index in [1.165, 1.54) is 17.9 Å². The molecule has 3 aliphatic rings.